The number of amides is 1. The summed E-state index contributed by atoms with van der Waals surface area (Å²) in [6, 6.07) is 12.1. The largest absolute Gasteiger partial charge is 0.493 e. The number of methoxy groups -OCH3 is 3. The number of benzene rings is 3. The van der Waals surface area contributed by atoms with E-state index in [9.17, 15) is 9.59 Å². The highest BCUT2D eigenvalue weighted by Gasteiger charge is 2.20. The molecule has 0 radical (unpaired) electrons. The van der Waals surface area contributed by atoms with E-state index in [2.05, 4.69) is 42.4 Å². The minimum atomic E-state index is -0.673. The Hall–Kier alpha value is -3.57. The van der Waals surface area contributed by atoms with Crippen LogP contribution in [0.3, 0.4) is 0 Å². The molecule has 0 aliphatic carbocycles. The fraction of sp³-hybridized carbons (Fsp3) is 0.222. The van der Waals surface area contributed by atoms with Gasteiger partial charge in [-0.05, 0) is 65.2 Å². The van der Waals surface area contributed by atoms with Crippen molar-refractivity contribution in [1.82, 2.24) is 5.43 Å². The number of aryl methyl sites for hydroxylation is 2. The second-order valence-corrected chi connectivity index (χ2v) is 9.68. The van der Waals surface area contributed by atoms with Crippen molar-refractivity contribution in [3.63, 3.8) is 0 Å². The summed E-state index contributed by atoms with van der Waals surface area (Å²) in [5.74, 6) is 0.686. The van der Waals surface area contributed by atoms with E-state index in [0.29, 0.717) is 37.5 Å². The number of halogens is 2. The maximum Gasteiger partial charge on any atom is 0.343 e. The molecular formula is C27H26Br2N2O7. The van der Waals surface area contributed by atoms with Gasteiger partial charge in [-0.25, -0.2) is 10.2 Å². The third-order valence-electron chi connectivity index (χ3n) is 5.28. The lowest BCUT2D eigenvalue weighted by Crippen LogP contribution is -2.25. The smallest absolute Gasteiger partial charge is 0.343 e. The minimum absolute atomic E-state index is 0.175. The molecule has 1 N–H and O–H groups in total. The van der Waals surface area contributed by atoms with Crippen LogP contribution in [-0.2, 0) is 4.79 Å². The van der Waals surface area contributed by atoms with Crippen molar-refractivity contribution in [2.75, 3.05) is 27.9 Å². The van der Waals surface area contributed by atoms with Gasteiger partial charge in [0.05, 0.1) is 37.6 Å². The van der Waals surface area contributed by atoms with E-state index in [1.165, 1.54) is 39.7 Å². The second-order valence-electron chi connectivity index (χ2n) is 7.91. The highest BCUT2D eigenvalue weighted by atomic mass is 79.9. The molecule has 0 aliphatic rings. The number of carbonyl (C=O) groups is 2. The molecule has 0 aliphatic heterocycles. The Morgan fingerprint density at radius 1 is 0.895 bits per heavy atom. The van der Waals surface area contributed by atoms with Crippen molar-refractivity contribution in [3.8, 4) is 28.7 Å². The molecule has 0 aromatic heterocycles. The first-order chi connectivity index (χ1) is 18.2. The van der Waals surface area contributed by atoms with Crippen molar-refractivity contribution in [3.05, 3.63) is 73.7 Å². The van der Waals surface area contributed by atoms with Gasteiger partial charge in [0.1, 0.15) is 5.75 Å². The van der Waals surface area contributed by atoms with Crippen LogP contribution in [0.4, 0.5) is 0 Å². The molecule has 38 heavy (non-hydrogen) atoms. The lowest BCUT2D eigenvalue weighted by atomic mass is 10.1. The highest BCUT2D eigenvalue weighted by Crippen LogP contribution is 2.39. The van der Waals surface area contributed by atoms with Crippen LogP contribution in [0, 0.1) is 13.8 Å². The summed E-state index contributed by atoms with van der Waals surface area (Å²) in [5.41, 5.74) is 4.88. The third-order valence-corrected chi connectivity index (χ3v) is 6.33. The molecule has 0 saturated carbocycles. The maximum atomic E-state index is 13.1. The molecule has 0 saturated heterocycles. The summed E-state index contributed by atoms with van der Waals surface area (Å²) in [5, 5.41) is 4.00. The van der Waals surface area contributed by atoms with Crippen LogP contribution in [-0.4, -0.2) is 46.0 Å². The number of esters is 1. The van der Waals surface area contributed by atoms with Crippen LogP contribution in [0.15, 0.2) is 56.5 Å². The van der Waals surface area contributed by atoms with Crippen LogP contribution in [0.5, 0.6) is 28.7 Å². The Morgan fingerprint density at radius 2 is 1.53 bits per heavy atom. The summed E-state index contributed by atoms with van der Waals surface area (Å²) in [4.78, 5) is 25.4. The molecule has 0 unspecified atom stereocenters. The molecule has 0 spiro atoms. The van der Waals surface area contributed by atoms with Crippen LogP contribution >= 0.6 is 31.9 Å². The fourth-order valence-corrected chi connectivity index (χ4v) is 4.84. The van der Waals surface area contributed by atoms with Crippen LogP contribution < -0.4 is 29.1 Å². The number of nitrogens with zero attached hydrogens (tertiary/aromatic N) is 1. The number of rotatable bonds is 10. The van der Waals surface area contributed by atoms with Crippen molar-refractivity contribution in [2.24, 2.45) is 5.10 Å². The van der Waals surface area contributed by atoms with Gasteiger partial charge < -0.3 is 23.7 Å². The molecular weight excluding hydrogens is 624 g/mol. The lowest BCUT2D eigenvalue weighted by Gasteiger charge is -2.15. The molecule has 200 valence electrons. The van der Waals surface area contributed by atoms with Crippen molar-refractivity contribution in [2.45, 2.75) is 13.8 Å². The SMILES string of the molecule is COc1cc(C(=O)Oc2c(Br)cc(Br)cc2C=NNC(=O)COc2c(C)cccc2C)cc(OC)c1OC. The molecule has 1 amide bonds. The second kappa shape index (κ2) is 13.3. The van der Waals surface area contributed by atoms with Gasteiger partial charge in [-0.15, -0.1) is 0 Å². The van der Waals surface area contributed by atoms with Crippen LogP contribution in [0.25, 0.3) is 0 Å². The average Bonchev–Trinajstić information content (AvgIpc) is 2.89. The van der Waals surface area contributed by atoms with Crippen molar-refractivity contribution in [1.29, 1.82) is 0 Å². The molecule has 0 heterocycles. The molecule has 0 fully saturated rings. The standard InChI is InChI=1S/C27H26Br2N2O7/c1-15-7-6-8-16(2)24(15)37-14-23(32)31-30-13-18-9-19(28)12-20(29)25(18)38-27(33)17-10-21(34-3)26(36-5)22(11-17)35-4/h6-13H,14H2,1-5H3,(H,31,32). The summed E-state index contributed by atoms with van der Waals surface area (Å²) in [6.07, 6.45) is 1.37. The number of hydrazone groups is 1. The molecule has 0 atom stereocenters. The van der Waals surface area contributed by atoms with Crippen LogP contribution in [0.2, 0.25) is 0 Å². The quantitative estimate of drug-likeness (QED) is 0.132. The predicted octanol–water partition coefficient (Wildman–Crippen LogP) is 5.60. The first kappa shape index (κ1) is 29.0. The van der Waals surface area contributed by atoms with Gasteiger partial charge in [0.15, 0.2) is 23.9 Å². The summed E-state index contributed by atoms with van der Waals surface area (Å²) < 4.78 is 28.5. The van der Waals surface area contributed by atoms with Gasteiger partial charge >= 0.3 is 5.97 Å². The highest BCUT2D eigenvalue weighted by molar-refractivity contribution is 9.11. The number of carbonyl (C=O) groups excluding carboxylic acids is 2. The van der Waals surface area contributed by atoms with E-state index in [1.807, 2.05) is 32.0 Å². The molecule has 9 nitrogen and oxygen atoms in total. The monoisotopic (exact) mass is 648 g/mol. The summed E-state index contributed by atoms with van der Waals surface area (Å²) in [7, 11) is 4.37. The van der Waals surface area contributed by atoms with E-state index < -0.39 is 11.9 Å². The zero-order chi connectivity index (χ0) is 27.8. The average molecular weight is 650 g/mol. The number of ether oxygens (including phenoxy) is 5. The fourth-order valence-electron chi connectivity index (χ4n) is 3.51. The number of nitrogens with one attached hydrogen (secondary N) is 1. The van der Waals surface area contributed by atoms with Gasteiger partial charge in [-0.2, -0.15) is 5.10 Å². The van der Waals surface area contributed by atoms with Gasteiger partial charge in [0, 0.05) is 10.0 Å². The summed E-state index contributed by atoms with van der Waals surface area (Å²) >= 11 is 6.83. The predicted molar refractivity (Wildman–Crippen MR) is 150 cm³/mol. The number of hydrogen-bond acceptors (Lipinski definition) is 8. The van der Waals surface area contributed by atoms with Gasteiger partial charge in [-0.3, -0.25) is 4.79 Å². The van der Waals surface area contributed by atoms with E-state index in [4.69, 9.17) is 23.7 Å². The Kier molecular flexibility index (Phi) is 10.1. The van der Waals surface area contributed by atoms with Gasteiger partial charge in [-0.1, -0.05) is 34.1 Å². The Morgan fingerprint density at radius 3 is 2.11 bits per heavy atom. The Labute approximate surface area is 237 Å². The Balaban J connectivity index is 1.77. The van der Waals surface area contributed by atoms with Crippen LogP contribution in [0.1, 0.15) is 27.0 Å². The molecule has 3 rings (SSSR count). The van der Waals surface area contributed by atoms with E-state index in [-0.39, 0.29) is 17.9 Å². The first-order valence-electron chi connectivity index (χ1n) is 11.2. The molecule has 3 aromatic rings. The normalized spacial score (nSPS) is 10.7. The number of hydrogen-bond donors (Lipinski definition) is 1. The van der Waals surface area contributed by atoms with E-state index >= 15 is 0 Å². The van der Waals surface area contributed by atoms with E-state index in [0.717, 1.165) is 11.1 Å². The number of para-hydroxylation sites is 1. The third kappa shape index (κ3) is 7.05. The van der Waals surface area contributed by atoms with E-state index in [1.54, 1.807) is 12.1 Å². The maximum absolute atomic E-state index is 13.1. The zero-order valence-corrected chi connectivity index (χ0v) is 24.6. The van der Waals surface area contributed by atoms with Crippen molar-refractivity contribution < 1.29 is 33.3 Å². The molecule has 11 heteroatoms. The molecule has 0 bridgehead atoms. The first-order valence-corrected chi connectivity index (χ1v) is 12.8. The minimum Gasteiger partial charge on any atom is -0.493 e. The zero-order valence-electron chi connectivity index (χ0n) is 21.4. The summed E-state index contributed by atoms with van der Waals surface area (Å²) in [6.45, 7) is 3.60. The molecule has 3 aromatic carbocycles. The van der Waals surface area contributed by atoms with Crippen molar-refractivity contribution >= 4 is 50.0 Å². The topological polar surface area (TPSA) is 105 Å². The Bertz CT molecular complexity index is 1330. The van der Waals surface area contributed by atoms with Gasteiger partial charge in [0.2, 0.25) is 5.75 Å². The van der Waals surface area contributed by atoms with Gasteiger partial charge in [0.25, 0.3) is 5.91 Å². The lowest BCUT2D eigenvalue weighted by molar-refractivity contribution is -0.123.